The van der Waals surface area contributed by atoms with Gasteiger partial charge in [0.1, 0.15) is 0 Å². The molecule has 0 radical (unpaired) electrons. The fourth-order valence-electron chi connectivity index (χ4n) is 2.84. The number of aliphatic hydroxyl groups is 1. The van der Waals surface area contributed by atoms with Crippen LogP contribution in [0.5, 0.6) is 0 Å². The van der Waals surface area contributed by atoms with Crippen LogP contribution in [0.25, 0.3) is 0 Å². The normalized spacial score (nSPS) is 30.9. The van der Waals surface area contributed by atoms with Crippen molar-refractivity contribution in [2.75, 3.05) is 7.11 Å². The minimum absolute atomic E-state index is 0.0511. The van der Waals surface area contributed by atoms with Crippen molar-refractivity contribution in [3.63, 3.8) is 0 Å². The van der Waals surface area contributed by atoms with Gasteiger partial charge in [0.2, 0.25) is 0 Å². The molecule has 0 aromatic carbocycles. The molecular weight excluding hydrogens is 212 g/mol. The fraction of sp³-hybridized carbons (Fsp3) is 1.00. The SMILES string of the molecule is COC(C)(C)CCC1CC(C(C)C)CCC1O. The van der Waals surface area contributed by atoms with Crippen LogP contribution in [0.3, 0.4) is 0 Å². The molecule has 102 valence electrons. The van der Waals surface area contributed by atoms with Gasteiger partial charge in [-0.2, -0.15) is 0 Å². The number of hydrogen-bond donors (Lipinski definition) is 1. The van der Waals surface area contributed by atoms with Gasteiger partial charge in [0, 0.05) is 7.11 Å². The van der Waals surface area contributed by atoms with Gasteiger partial charge in [0.25, 0.3) is 0 Å². The third-order valence-electron chi connectivity index (χ3n) is 4.60. The first-order valence-corrected chi connectivity index (χ1v) is 7.09. The molecule has 1 fully saturated rings. The van der Waals surface area contributed by atoms with E-state index in [0.717, 1.165) is 31.1 Å². The Morgan fingerprint density at radius 1 is 1.29 bits per heavy atom. The highest BCUT2D eigenvalue weighted by Crippen LogP contribution is 2.37. The van der Waals surface area contributed by atoms with Crippen LogP contribution in [0.1, 0.15) is 59.8 Å². The molecule has 0 spiro atoms. The Morgan fingerprint density at radius 3 is 2.47 bits per heavy atom. The number of hydrogen-bond acceptors (Lipinski definition) is 2. The molecule has 2 heteroatoms. The molecule has 1 aliphatic rings. The van der Waals surface area contributed by atoms with Gasteiger partial charge in [0.15, 0.2) is 0 Å². The Balaban J connectivity index is 2.45. The summed E-state index contributed by atoms with van der Waals surface area (Å²) < 4.78 is 5.46. The summed E-state index contributed by atoms with van der Waals surface area (Å²) in [6.07, 6.45) is 5.42. The maximum atomic E-state index is 10.1. The zero-order valence-electron chi connectivity index (χ0n) is 12.2. The number of aliphatic hydroxyl groups excluding tert-OH is 1. The highest BCUT2D eigenvalue weighted by atomic mass is 16.5. The summed E-state index contributed by atoms with van der Waals surface area (Å²) in [6, 6.07) is 0. The molecule has 1 aliphatic carbocycles. The highest BCUT2D eigenvalue weighted by molar-refractivity contribution is 4.83. The van der Waals surface area contributed by atoms with Gasteiger partial charge in [-0.05, 0) is 63.7 Å². The molecule has 0 aromatic rings. The molecule has 0 saturated heterocycles. The second-order valence-corrected chi connectivity index (χ2v) is 6.65. The molecule has 1 rings (SSSR count). The summed E-state index contributed by atoms with van der Waals surface area (Å²) in [5.74, 6) is 2.03. The van der Waals surface area contributed by atoms with Crippen LogP contribution < -0.4 is 0 Å². The van der Waals surface area contributed by atoms with Crippen molar-refractivity contribution in [1.29, 1.82) is 0 Å². The van der Waals surface area contributed by atoms with Crippen LogP contribution in [0.15, 0.2) is 0 Å². The second kappa shape index (κ2) is 6.19. The smallest absolute Gasteiger partial charge is 0.0622 e. The number of methoxy groups -OCH3 is 1. The van der Waals surface area contributed by atoms with E-state index in [1.54, 1.807) is 7.11 Å². The van der Waals surface area contributed by atoms with Crippen LogP contribution in [-0.4, -0.2) is 23.9 Å². The Bertz CT molecular complexity index is 223. The minimum atomic E-state index is -0.0855. The van der Waals surface area contributed by atoms with E-state index in [1.165, 1.54) is 12.8 Å². The van der Waals surface area contributed by atoms with Crippen LogP contribution >= 0.6 is 0 Å². The van der Waals surface area contributed by atoms with Gasteiger partial charge in [-0.25, -0.2) is 0 Å². The molecule has 0 heterocycles. The zero-order valence-corrected chi connectivity index (χ0v) is 12.2. The molecule has 0 bridgehead atoms. The predicted octanol–water partition coefficient (Wildman–Crippen LogP) is 3.62. The van der Waals surface area contributed by atoms with E-state index in [4.69, 9.17) is 4.74 Å². The maximum Gasteiger partial charge on any atom is 0.0622 e. The average Bonchev–Trinajstić information content (AvgIpc) is 2.27. The van der Waals surface area contributed by atoms with Crippen molar-refractivity contribution in [2.24, 2.45) is 17.8 Å². The lowest BCUT2D eigenvalue weighted by molar-refractivity contribution is -0.0113. The molecule has 3 unspecified atom stereocenters. The molecule has 1 N–H and O–H groups in total. The topological polar surface area (TPSA) is 29.5 Å². The molecular formula is C15H30O2. The van der Waals surface area contributed by atoms with Gasteiger partial charge >= 0.3 is 0 Å². The summed E-state index contributed by atoms with van der Waals surface area (Å²) in [4.78, 5) is 0. The van der Waals surface area contributed by atoms with E-state index in [-0.39, 0.29) is 11.7 Å². The first kappa shape index (κ1) is 15.0. The summed E-state index contributed by atoms with van der Waals surface area (Å²) in [6.45, 7) is 8.86. The molecule has 0 aromatic heterocycles. The predicted molar refractivity (Wildman–Crippen MR) is 72.0 cm³/mol. The van der Waals surface area contributed by atoms with E-state index in [2.05, 4.69) is 27.7 Å². The second-order valence-electron chi connectivity index (χ2n) is 6.65. The average molecular weight is 242 g/mol. The van der Waals surface area contributed by atoms with Crippen LogP contribution in [0.4, 0.5) is 0 Å². The molecule has 2 nitrogen and oxygen atoms in total. The van der Waals surface area contributed by atoms with Gasteiger partial charge in [-0.15, -0.1) is 0 Å². The lowest BCUT2D eigenvalue weighted by Gasteiger charge is -2.36. The summed E-state index contributed by atoms with van der Waals surface area (Å²) in [7, 11) is 1.77. The molecule has 3 atom stereocenters. The van der Waals surface area contributed by atoms with Crippen molar-refractivity contribution >= 4 is 0 Å². The third-order valence-corrected chi connectivity index (χ3v) is 4.60. The largest absolute Gasteiger partial charge is 0.393 e. The summed E-state index contributed by atoms with van der Waals surface area (Å²) in [5, 5.41) is 10.1. The lowest BCUT2D eigenvalue weighted by Crippen LogP contribution is -2.33. The van der Waals surface area contributed by atoms with Crippen LogP contribution in [0.2, 0.25) is 0 Å². The standard InChI is InChI=1S/C15H30O2/c1-11(2)12-6-7-14(16)13(10-12)8-9-15(3,4)17-5/h11-14,16H,6-10H2,1-5H3. The van der Waals surface area contributed by atoms with Gasteiger partial charge < -0.3 is 9.84 Å². The molecule has 17 heavy (non-hydrogen) atoms. The van der Waals surface area contributed by atoms with E-state index in [0.29, 0.717) is 5.92 Å². The lowest BCUT2D eigenvalue weighted by atomic mass is 9.72. The number of ether oxygens (including phenoxy) is 1. The fourth-order valence-corrected chi connectivity index (χ4v) is 2.84. The molecule has 1 saturated carbocycles. The zero-order chi connectivity index (χ0) is 13.1. The Kier molecular flexibility index (Phi) is 5.46. The Labute approximate surface area is 107 Å². The van der Waals surface area contributed by atoms with Gasteiger partial charge in [0.05, 0.1) is 11.7 Å². The van der Waals surface area contributed by atoms with Crippen molar-refractivity contribution in [3.8, 4) is 0 Å². The van der Waals surface area contributed by atoms with Gasteiger partial charge in [-0.1, -0.05) is 13.8 Å². The third kappa shape index (κ3) is 4.59. The van der Waals surface area contributed by atoms with Crippen molar-refractivity contribution in [1.82, 2.24) is 0 Å². The minimum Gasteiger partial charge on any atom is -0.393 e. The maximum absolute atomic E-state index is 10.1. The van der Waals surface area contributed by atoms with E-state index in [9.17, 15) is 5.11 Å². The van der Waals surface area contributed by atoms with Crippen molar-refractivity contribution in [3.05, 3.63) is 0 Å². The van der Waals surface area contributed by atoms with Crippen molar-refractivity contribution < 1.29 is 9.84 Å². The monoisotopic (exact) mass is 242 g/mol. The first-order valence-electron chi connectivity index (χ1n) is 7.09. The quantitative estimate of drug-likeness (QED) is 0.798. The van der Waals surface area contributed by atoms with Gasteiger partial charge in [-0.3, -0.25) is 0 Å². The molecule has 0 amide bonds. The molecule has 0 aliphatic heterocycles. The Hall–Kier alpha value is -0.0800. The summed E-state index contributed by atoms with van der Waals surface area (Å²) in [5.41, 5.74) is -0.0511. The van der Waals surface area contributed by atoms with Crippen LogP contribution in [-0.2, 0) is 4.74 Å². The van der Waals surface area contributed by atoms with Crippen LogP contribution in [0, 0.1) is 17.8 Å². The van der Waals surface area contributed by atoms with E-state index in [1.807, 2.05) is 0 Å². The van der Waals surface area contributed by atoms with E-state index >= 15 is 0 Å². The number of rotatable bonds is 5. The van der Waals surface area contributed by atoms with E-state index < -0.39 is 0 Å². The summed E-state index contributed by atoms with van der Waals surface area (Å²) >= 11 is 0. The Morgan fingerprint density at radius 2 is 1.94 bits per heavy atom. The first-order chi connectivity index (χ1) is 7.85. The van der Waals surface area contributed by atoms with Crippen molar-refractivity contribution in [2.45, 2.75) is 71.5 Å². The highest BCUT2D eigenvalue weighted by Gasteiger charge is 2.31.